The number of hydrogen-bond donors (Lipinski definition) is 1. The SMILES string of the molecule is COc1nc(-c2ccc3nc(C)[nH]c3c2)cs1. The Bertz CT molecular complexity index is 671. The molecule has 0 saturated heterocycles. The van der Waals surface area contributed by atoms with E-state index >= 15 is 0 Å². The van der Waals surface area contributed by atoms with E-state index in [1.807, 2.05) is 24.4 Å². The van der Waals surface area contributed by atoms with Gasteiger partial charge in [-0.05, 0) is 19.1 Å². The molecule has 0 saturated carbocycles. The molecule has 0 amide bonds. The lowest BCUT2D eigenvalue weighted by Crippen LogP contribution is -1.82. The Morgan fingerprint density at radius 3 is 2.94 bits per heavy atom. The Morgan fingerprint density at radius 1 is 1.29 bits per heavy atom. The molecule has 1 N–H and O–H groups in total. The number of aryl methyl sites for hydroxylation is 1. The van der Waals surface area contributed by atoms with Crippen molar-refractivity contribution in [2.75, 3.05) is 7.11 Å². The number of aromatic nitrogens is 3. The first-order valence-electron chi connectivity index (χ1n) is 5.22. The molecule has 3 rings (SSSR count). The fraction of sp³-hybridized carbons (Fsp3) is 0.167. The number of rotatable bonds is 2. The summed E-state index contributed by atoms with van der Waals surface area (Å²) in [6, 6.07) is 6.08. The van der Waals surface area contributed by atoms with Crippen LogP contribution in [0.5, 0.6) is 5.19 Å². The molecule has 0 unspecified atom stereocenters. The standard InChI is InChI=1S/C12H11N3OS/c1-7-13-9-4-3-8(5-10(9)14-7)11-6-17-12(15-11)16-2/h3-6H,1-2H3,(H,13,14). The van der Waals surface area contributed by atoms with Crippen LogP contribution in [0.2, 0.25) is 0 Å². The molecule has 0 spiro atoms. The first-order valence-corrected chi connectivity index (χ1v) is 6.10. The maximum Gasteiger partial charge on any atom is 0.273 e. The normalized spacial score (nSPS) is 10.9. The Balaban J connectivity index is 2.10. The van der Waals surface area contributed by atoms with Gasteiger partial charge < -0.3 is 9.72 Å². The van der Waals surface area contributed by atoms with Crippen molar-refractivity contribution in [1.82, 2.24) is 15.0 Å². The van der Waals surface area contributed by atoms with E-state index in [2.05, 4.69) is 21.0 Å². The van der Waals surface area contributed by atoms with Gasteiger partial charge in [-0.1, -0.05) is 17.4 Å². The minimum absolute atomic E-state index is 0.681. The van der Waals surface area contributed by atoms with Gasteiger partial charge in [-0.2, -0.15) is 0 Å². The summed E-state index contributed by atoms with van der Waals surface area (Å²) in [5.41, 5.74) is 4.02. The lowest BCUT2D eigenvalue weighted by molar-refractivity contribution is 0.412. The van der Waals surface area contributed by atoms with Gasteiger partial charge in [0.05, 0.1) is 23.8 Å². The first kappa shape index (κ1) is 10.3. The number of benzene rings is 1. The molecule has 2 aromatic heterocycles. The van der Waals surface area contributed by atoms with E-state index in [4.69, 9.17) is 4.74 Å². The summed E-state index contributed by atoms with van der Waals surface area (Å²) >= 11 is 1.50. The lowest BCUT2D eigenvalue weighted by Gasteiger charge is -1.96. The van der Waals surface area contributed by atoms with Crippen molar-refractivity contribution in [3.05, 3.63) is 29.4 Å². The predicted octanol–water partition coefficient (Wildman–Crippen LogP) is 3.00. The minimum atomic E-state index is 0.681. The molecule has 0 bridgehead atoms. The Kier molecular flexibility index (Phi) is 2.33. The second-order valence-corrected chi connectivity index (χ2v) is 4.58. The van der Waals surface area contributed by atoms with E-state index in [0.717, 1.165) is 28.1 Å². The van der Waals surface area contributed by atoms with Crippen LogP contribution >= 0.6 is 11.3 Å². The number of nitrogens with one attached hydrogen (secondary N) is 1. The molecule has 0 aliphatic rings. The monoisotopic (exact) mass is 245 g/mol. The van der Waals surface area contributed by atoms with Crippen LogP contribution in [0.4, 0.5) is 0 Å². The highest BCUT2D eigenvalue weighted by atomic mass is 32.1. The fourth-order valence-corrected chi connectivity index (χ4v) is 2.43. The van der Waals surface area contributed by atoms with E-state index < -0.39 is 0 Å². The third-order valence-electron chi connectivity index (χ3n) is 2.55. The van der Waals surface area contributed by atoms with Crippen LogP contribution in [-0.2, 0) is 0 Å². The van der Waals surface area contributed by atoms with Crippen LogP contribution in [-0.4, -0.2) is 22.1 Å². The molecule has 5 heteroatoms. The van der Waals surface area contributed by atoms with E-state index in [1.54, 1.807) is 7.11 Å². The molecule has 0 aliphatic carbocycles. The second kappa shape index (κ2) is 3.85. The molecule has 3 aromatic rings. The summed E-state index contributed by atoms with van der Waals surface area (Å²) in [4.78, 5) is 12.0. The molecule has 4 nitrogen and oxygen atoms in total. The highest BCUT2D eigenvalue weighted by molar-refractivity contribution is 7.11. The number of imidazole rings is 1. The Morgan fingerprint density at radius 2 is 2.18 bits per heavy atom. The molecule has 86 valence electrons. The summed E-state index contributed by atoms with van der Waals surface area (Å²) in [6.07, 6.45) is 0. The zero-order valence-electron chi connectivity index (χ0n) is 9.52. The third kappa shape index (κ3) is 1.78. The predicted molar refractivity (Wildman–Crippen MR) is 68.5 cm³/mol. The summed E-state index contributed by atoms with van der Waals surface area (Å²) in [7, 11) is 1.63. The molecule has 2 heterocycles. The van der Waals surface area contributed by atoms with E-state index in [-0.39, 0.29) is 0 Å². The largest absolute Gasteiger partial charge is 0.473 e. The quantitative estimate of drug-likeness (QED) is 0.755. The first-order chi connectivity index (χ1) is 8.26. The molecule has 17 heavy (non-hydrogen) atoms. The van der Waals surface area contributed by atoms with Gasteiger partial charge in [-0.15, -0.1) is 0 Å². The molecule has 1 aromatic carbocycles. The number of thiazole rings is 1. The van der Waals surface area contributed by atoms with Gasteiger partial charge in [-0.3, -0.25) is 0 Å². The van der Waals surface area contributed by atoms with Crippen molar-refractivity contribution < 1.29 is 4.74 Å². The van der Waals surface area contributed by atoms with Crippen molar-refractivity contribution >= 4 is 22.4 Å². The molecule has 0 radical (unpaired) electrons. The maximum absolute atomic E-state index is 5.10. The van der Waals surface area contributed by atoms with Crippen LogP contribution in [0.25, 0.3) is 22.3 Å². The fourth-order valence-electron chi connectivity index (χ4n) is 1.78. The van der Waals surface area contributed by atoms with Crippen LogP contribution in [0.1, 0.15) is 5.82 Å². The lowest BCUT2D eigenvalue weighted by atomic mass is 10.1. The topological polar surface area (TPSA) is 50.8 Å². The van der Waals surface area contributed by atoms with Crippen molar-refractivity contribution in [3.63, 3.8) is 0 Å². The summed E-state index contributed by atoms with van der Waals surface area (Å²) < 4.78 is 5.10. The number of aromatic amines is 1. The van der Waals surface area contributed by atoms with E-state index in [0.29, 0.717) is 5.19 Å². The minimum Gasteiger partial charge on any atom is -0.473 e. The van der Waals surface area contributed by atoms with Gasteiger partial charge in [0.15, 0.2) is 0 Å². The zero-order valence-corrected chi connectivity index (χ0v) is 10.3. The van der Waals surface area contributed by atoms with Gasteiger partial charge in [-0.25, -0.2) is 9.97 Å². The third-order valence-corrected chi connectivity index (χ3v) is 3.35. The highest BCUT2D eigenvalue weighted by Crippen LogP contribution is 2.27. The number of hydrogen-bond acceptors (Lipinski definition) is 4. The molecular weight excluding hydrogens is 234 g/mol. The zero-order chi connectivity index (χ0) is 11.8. The van der Waals surface area contributed by atoms with Crippen LogP contribution in [0, 0.1) is 6.92 Å². The highest BCUT2D eigenvalue weighted by Gasteiger charge is 2.06. The number of H-pyrrole nitrogens is 1. The second-order valence-electron chi connectivity index (χ2n) is 3.76. The molecule has 0 atom stereocenters. The van der Waals surface area contributed by atoms with Crippen molar-refractivity contribution in [3.8, 4) is 16.5 Å². The van der Waals surface area contributed by atoms with Gasteiger partial charge in [0, 0.05) is 10.9 Å². The average Bonchev–Trinajstić information content (AvgIpc) is 2.92. The Hall–Kier alpha value is -1.88. The molecular formula is C12H11N3OS. The van der Waals surface area contributed by atoms with Gasteiger partial charge >= 0.3 is 0 Å². The summed E-state index contributed by atoms with van der Waals surface area (Å²) in [6.45, 7) is 1.95. The van der Waals surface area contributed by atoms with E-state index in [1.165, 1.54) is 11.3 Å². The number of methoxy groups -OCH3 is 1. The number of ether oxygens (including phenoxy) is 1. The Labute approximate surface area is 102 Å². The van der Waals surface area contributed by atoms with Crippen molar-refractivity contribution in [1.29, 1.82) is 0 Å². The average molecular weight is 245 g/mol. The summed E-state index contributed by atoms with van der Waals surface area (Å²) in [5, 5.41) is 2.67. The smallest absolute Gasteiger partial charge is 0.273 e. The van der Waals surface area contributed by atoms with Crippen molar-refractivity contribution in [2.45, 2.75) is 6.92 Å². The van der Waals surface area contributed by atoms with Crippen LogP contribution < -0.4 is 4.74 Å². The van der Waals surface area contributed by atoms with Gasteiger partial charge in [0.25, 0.3) is 5.19 Å². The van der Waals surface area contributed by atoms with Gasteiger partial charge in [0.2, 0.25) is 0 Å². The van der Waals surface area contributed by atoms with Gasteiger partial charge in [0.1, 0.15) is 5.82 Å². The summed E-state index contributed by atoms with van der Waals surface area (Å²) in [5.74, 6) is 0.924. The van der Waals surface area contributed by atoms with Crippen LogP contribution in [0.3, 0.4) is 0 Å². The maximum atomic E-state index is 5.10. The van der Waals surface area contributed by atoms with E-state index in [9.17, 15) is 0 Å². The number of fused-ring (bicyclic) bond motifs is 1. The van der Waals surface area contributed by atoms with Crippen LogP contribution in [0.15, 0.2) is 23.6 Å². The number of nitrogens with zero attached hydrogens (tertiary/aromatic N) is 2. The molecule has 0 aliphatic heterocycles. The van der Waals surface area contributed by atoms with Crippen molar-refractivity contribution in [2.24, 2.45) is 0 Å². The molecule has 0 fully saturated rings.